The number of nitrogens with one attached hydrogen (secondary N) is 1. The summed E-state index contributed by atoms with van der Waals surface area (Å²) in [5.41, 5.74) is 2.64. The summed E-state index contributed by atoms with van der Waals surface area (Å²) >= 11 is 0. The van der Waals surface area contributed by atoms with Gasteiger partial charge in [-0.2, -0.15) is 18.3 Å². The van der Waals surface area contributed by atoms with Crippen molar-refractivity contribution in [2.75, 3.05) is 0 Å². The molecule has 0 saturated carbocycles. The quantitative estimate of drug-likeness (QED) is 0.787. The first-order valence-corrected chi connectivity index (χ1v) is 7.72. The number of aromatic nitrogens is 2. The van der Waals surface area contributed by atoms with E-state index in [9.17, 15) is 13.2 Å². The zero-order valence-electron chi connectivity index (χ0n) is 12.3. The van der Waals surface area contributed by atoms with Gasteiger partial charge in [-0.1, -0.05) is 13.0 Å². The van der Waals surface area contributed by atoms with Crippen molar-refractivity contribution >= 4 is 16.5 Å². The molecule has 1 aromatic heterocycles. The minimum atomic E-state index is -4.23. The first kappa shape index (κ1) is 13.9. The second-order valence-corrected chi connectivity index (χ2v) is 6.44. The highest BCUT2D eigenvalue weighted by molar-refractivity contribution is 5.93. The van der Waals surface area contributed by atoms with Gasteiger partial charge in [-0.05, 0) is 54.9 Å². The van der Waals surface area contributed by atoms with Gasteiger partial charge in [-0.15, -0.1) is 0 Å². The van der Waals surface area contributed by atoms with E-state index in [2.05, 4.69) is 10.2 Å². The molecule has 2 nitrogen and oxygen atoms in total. The van der Waals surface area contributed by atoms with Crippen LogP contribution in [0.15, 0.2) is 23.9 Å². The molecule has 0 bridgehead atoms. The molecular formula is C17H17F3N2. The third-order valence-corrected chi connectivity index (χ3v) is 5.45. The fourth-order valence-corrected chi connectivity index (χ4v) is 4.40. The van der Waals surface area contributed by atoms with Crippen molar-refractivity contribution in [3.63, 3.8) is 0 Å². The molecule has 0 saturated heterocycles. The Morgan fingerprint density at radius 1 is 1.32 bits per heavy atom. The van der Waals surface area contributed by atoms with Gasteiger partial charge in [-0.3, -0.25) is 5.10 Å². The number of aromatic amines is 1. The number of allylic oxidation sites excluding steroid dienone is 2. The molecule has 0 radical (unpaired) electrons. The van der Waals surface area contributed by atoms with E-state index in [0.29, 0.717) is 18.4 Å². The standard InChI is InChI=1S/C17H17F3N2/c1-2-16-7-3-4-13(17(18,19)20)15(16)10-5-6-14-12(9-21-22-14)11(10)8-16/h5-6,9H,2-4,7-8H2,1H3,(H,21,22). The van der Waals surface area contributed by atoms with Crippen LogP contribution in [0.3, 0.4) is 0 Å². The summed E-state index contributed by atoms with van der Waals surface area (Å²) < 4.78 is 40.7. The predicted molar refractivity (Wildman–Crippen MR) is 79.3 cm³/mol. The summed E-state index contributed by atoms with van der Waals surface area (Å²) in [5, 5.41) is 7.93. The molecule has 0 fully saturated rings. The van der Waals surface area contributed by atoms with Crippen LogP contribution < -0.4 is 0 Å². The fourth-order valence-electron chi connectivity index (χ4n) is 4.40. The molecule has 116 valence electrons. The predicted octanol–water partition coefficient (Wildman–Crippen LogP) is 5.02. The summed E-state index contributed by atoms with van der Waals surface area (Å²) in [4.78, 5) is 0. The summed E-state index contributed by atoms with van der Waals surface area (Å²) in [6, 6.07) is 3.70. The molecule has 1 atom stereocenters. The molecule has 1 N–H and O–H groups in total. The number of halogens is 3. The summed E-state index contributed by atoms with van der Waals surface area (Å²) in [6.07, 6.45) is 0.553. The molecule has 2 aliphatic carbocycles. The van der Waals surface area contributed by atoms with Crippen molar-refractivity contribution in [2.45, 2.75) is 45.2 Å². The van der Waals surface area contributed by atoms with Crippen LogP contribution in [-0.2, 0) is 6.42 Å². The third kappa shape index (κ3) is 1.71. The monoisotopic (exact) mass is 306 g/mol. The molecule has 22 heavy (non-hydrogen) atoms. The van der Waals surface area contributed by atoms with Crippen molar-refractivity contribution in [2.24, 2.45) is 5.41 Å². The topological polar surface area (TPSA) is 28.7 Å². The minimum absolute atomic E-state index is 0.142. The Morgan fingerprint density at radius 2 is 2.14 bits per heavy atom. The highest BCUT2D eigenvalue weighted by Crippen LogP contribution is 2.59. The van der Waals surface area contributed by atoms with E-state index in [-0.39, 0.29) is 17.4 Å². The highest BCUT2D eigenvalue weighted by atomic mass is 19.4. The average molecular weight is 306 g/mol. The van der Waals surface area contributed by atoms with Gasteiger partial charge in [0.25, 0.3) is 0 Å². The van der Waals surface area contributed by atoms with Gasteiger partial charge < -0.3 is 0 Å². The van der Waals surface area contributed by atoms with E-state index in [1.54, 1.807) is 6.20 Å². The molecule has 2 aliphatic rings. The lowest BCUT2D eigenvalue weighted by atomic mass is 9.68. The van der Waals surface area contributed by atoms with Crippen molar-refractivity contribution in [3.05, 3.63) is 35.0 Å². The maximum Gasteiger partial charge on any atom is 0.412 e. The Morgan fingerprint density at radius 3 is 2.86 bits per heavy atom. The zero-order chi connectivity index (χ0) is 15.5. The van der Waals surface area contributed by atoms with E-state index in [1.165, 1.54) is 0 Å². The number of rotatable bonds is 1. The van der Waals surface area contributed by atoms with Gasteiger partial charge in [0.05, 0.1) is 11.7 Å². The zero-order valence-corrected chi connectivity index (χ0v) is 12.3. The van der Waals surface area contributed by atoms with Crippen molar-refractivity contribution in [3.8, 4) is 0 Å². The van der Waals surface area contributed by atoms with Gasteiger partial charge >= 0.3 is 6.18 Å². The maximum atomic E-state index is 13.6. The van der Waals surface area contributed by atoms with Gasteiger partial charge in [0, 0.05) is 16.4 Å². The number of hydrogen-bond donors (Lipinski definition) is 1. The second kappa shape index (κ2) is 4.37. The molecule has 4 rings (SSSR count). The number of H-pyrrole nitrogens is 1. The Labute approximate surface area is 126 Å². The molecule has 1 aromatic carbocycles. The summed E-state index contributed by atoms with van der Waals surface area (Å²) in [7, 11) is 0. The third-order valence-electron chi connectivity index (χ3n) is 5.45. The minimum Gasteiger partial charge on any atom is -0.278 e. The lowest BCUT2D eigenvalue weighted by Gasteiger charge is -2.36. The van der Waals surface area contributed by atoms with Crippen molar-refractivity contribution < 1.29 is 13.2 Å². The molecule has 0 aliphatic heterocycles. The summed E-state index contributed by atoms with van der Waals surface area (Å²) in [6.45, 7) is 2.01. The fraction of sp³-hybridized carbons (Fsp3) is 0.471. The summed E-state index contributed by atoms with van der Waals surface area (Å²) in [5.74, 6) is 0. The van der Waals surface area contributed by atoms with Crippen LogP contribution in [0.25, 0.3) is 16.5 Å². The number of fused-ring (bicyclic) bond motifs is 5. The second-order valence-electron chi connectivity index (χ2n) is 6.44. The first-order valence-electron chi connectivity index (χ1n) is 7.72. The van der Waals surface area contributed by atoms with Crippen LogP contribution in [0.1, 0.15) is 43.7 Å². The number of hydrogen-bond acceptors (Lipinski definition) is 1. The molecular weight excluding hydrogens is 289 g/mol. The Bertz CT molecular complexity index is 785. The Kier molecular flexibility index (Phi) is 2.75. The normalized spacial score (nSPS) is 24.7. The SMILES string of the molecule is CCC12CCCC(C(F)(F)F)=C1c1ccc3[nH]ncc3c1C2. The van der Waals surface area contributed by atoms with Crippen LogP contribution in [0.4, 0.5) is 13.2 Å². The molecule has 2 aromatic rings. The molecule has 0 spiro atoms. The Hall–Kier alpha value is -1.78. The first-order chi connectivity index (χ1) is 10.5. The van der Waals surface area contributed by atoms with Gasteiger partial charge in [-0.25, -0.2) is 0 Å². The van der Waals surface area contributed by atoms with E-state index >= 15 is 0 Å². The largest absolute Gasteiger partial charge is 0.412 e. The molecule has 1 heterocycles. The molecule has 5 heteroatoms. The molecule has 0 amide bonds. The maximum absolute atomic E-state index is 13.6. The van der Waals surface area contributed by atoms with Crippen molar-refractivity contribution in [1.82, 2.24) is 10.2 Å². The van der Waals surface area contributed by atoms with Gasteiger partial charge in [0.15, 0.2) is 0 Å². The van der Waals surface area contributed by atoms with Crippen molar-refractivity contribution in [1.29, 1.82) is 0 Å². The number of benzene rings is 1. The Balaban J connectivity index is 2.05. The number of nitrogens with zero attached hydrogens (tertiary/aromatic N) is 1. The number of alkyl halides is 3. The average Bonchev–Trinajstić information content (AvgIpc) is 3.07. The highest BCUT2D eigenvalue weighted by Gasteiger charge is 2.49. The van der Waals surface area contributed by atoms with Gasteiger partial charge in [0.2, 0.25) is 0 Å². The lowest BCUT2D eigenvalue weighted by Crippen LogP contribution is -2.28. The van der Waals surface area contributed by atoms with Crippen LogP contribution in [0.5, 0.6) is 0 Å². The van der Waals surface area contributed by atoms with E-state index in [0.717, 1.165) is 34.9 Å². The smallest absolute Gasteiger partial charge is 0.278 e. The van der Waals surface area contributed by atoms with E-state index in [4.69, 9.17) is 0 Å². The van der Waals surface area contributed by atoms with Gasteiger partial charge in [0.1, 0.15) is 0 Å². The van der Waals surface area contributed by atoms with E-state index < -0.39 is 6.18 Å². The van der Waals surface area contributed by atoms with E-state index in [1.807, 2.05) is 19.1 Å². The molecule has 1 unspecified atom stereocenters. The van der Waals surface area contributed by atoms with Crippen LogP contribution in [0, 0.1) is 5.41 Å². The lowest BCUT2D eigenvalue weighted by molar-refractivity contribution is -0.0953. The van der Waals surface area contributed by atoms with Crippen LogP contribution >= 0.6 is 0 Å². The van der Waals surface area contributed by atoms with Crippen LogP contribution in [0.2, 0.25) is 0 Å². The van der Waals surface area contributed by atoms with Crippen LogP contribution in [-0.4, -0.2) is 16.4 Å².